The van der Waals surface area contributed by atoms with Crippen molar-refractivity contribution in [3.05, 3.63) is 27.5 Å². The summed E-state index contributed by atoms with van der Waals surface area (Å²) in [5, 5.41) is 8.16. The molecule has 0 fully saturated rings. The van der Waals surface area contributed by atoms with Gasteiger partial charge in [-0.2, -0.15) is 5.10 Å². The number of hydrogen-bond acceptors (Lipinski definition) is 4. The molecule has 0 aliphatic rings. The Labute approximate surface area is 120 Å². The zero-order chi connectivity index (χ0) is 14.0. The lowest BCUT2D eigenvalue weighted by Gasteiger charge is -2.04. The zero-order valence-corrected chi connectivity index (χ0v) is 12.6. The third-order valence-corrected chi connectivity index (χ3v) is 4.23. The van der Waals surface area contributed by atoms with E-state index in [1.54, 1.807) is 10.9 Å². The summed E-state index contributed by atoms with van der Waals surface area (Å²) < 4.78 is 1.72. The quantitative estimate of drug-likeness (QED) is 0.944. The molecule has 102 valence electrons. The molecule has 7 heteroatoms. The van der Waals surface area contributed by atoms with Crippen LogP contribution in [0.3, 0.4) is 0 Å². The van der Waals surface area contributed by atoms with E-state index in [0.29, 0.717) is 23.1 Å². The lowest BCUT2D eigenvalue weighted by Crippen LogP contribution is -2.15. The third kappa shape index (κ3) is 3.33. The van der Waals surface area contributed by atoms with E-state index < -0.39 is 0 Å². The van der Waals surface area contributed by atoms with Crippen molar-refractivity contribution >= 4 is 34.0 Å². The highest BCUT2D eigenvalue weighted by Gasteiger charge is 2.09. The van der Waals surface area contributed by atoms with Gasteiger partial charge in [-0.25, -0.2) is 4.98 Å². The topological polar surface area (TPSA) is 59.8 Å². The van der Waals surface area contributed by atoms with Crippen LogP contribution in [0.25, 0.3) is 0 Å². The maximum absolute atomic E-state index is 11.8. The highest BCUT2D eigenvalue weighted by Crippen LogP contribution is 2.21. The molecule has 1 N–H and O–H groups in total. The number of thiazole rings is 1. The van der Waals surface area contributed by atoms with E-state index in [1.165, 1.54) is 11.3 Å². The molecule has 2 heterocycles. The highest BCUT2D eigenvalue weighted by atomic mass is 35.5. The van der Waals surface area contributed by atoms with Crippen LogP contribution in [0.15, 0.2) is 6.20 Å². The van der Waals surface area contributed by atoms with Crippen molar-refractivity contribution in [1.82, 2.24) is 14.8 Å². The summed E-state index contributed by atoms with van der Waals surface area (Å²) in [5.41, 5.74) is 1.82. The van der Waals surface area contributed by atoms with Crippen LogP contribution in [-0.2, 0) is 11.3 Å². The molecule has 0 aliphatic carbocycles. The standard InChI is InChI=1S/C12H15ClN4OS/c1-7-9(3)19-12(15-7)16-11(18)4-5-17-8(2)10(13)6-14-17/h6H,4-5H2,1-3H3,(H,15,16,18). The number of anilines is 1. The van der Waals surface area contributed by atoms with Gasteiger partial charge in [0.05, 0.1) is 29.2 Å². The number of amides is 1. The van der Waals surface area contributed by atoms with E-state index in [4.69, 9.17) is 11.6 Å². The minimum Gasteiger partial charge on any atom is -0.302 e. The summed E-state index contributed by atoms with van der Waals surface area (Å²) in [6.07, 6.45) is 1.93. The minimum atomic E-state index is -0.0697. The molecule has 0 atom stereocenters. The van der Waals surface area contributed by atoms with E-state index >= 15 is 0 Å². The smallest absolute Gasteiger partial charge is 0.228 e. The van der Waals surface area contributed by atoms with Crippen LogP contribution in [0.2, 0.25) is 5.02 Å². The molecule has 19 heavy (non-hydrogen) atoms. The molecule has 0 aliphatic heterocycles. The van der Waals surface area contributed by atoms with E-state index in [0.717, 1.165) is 16.3 Å². The summed E-state index contributed by atoms with van der Waals surface area (Å²) in [6, 6.07) is 0. The maximum atomic E-state index is 11.8. The molecule has 0 aromatic carbocycles. The molecule has 0 radical (unpaired) electrons. The van der Waals surface area contributed by atoms with Gasteiger partial charge < -0.3 is 5.32 Å². The van der Waals surface area contributed by atoms with Crippen LogP contribution in [0.1, 0.15) is 22.7 Å². The Morgan fingerprint density at radius 1 is 1.47 bits per heavy atom. The Kier molecular flexibility index (Phi) is 4.21. The molecule has 0 unspecified atom stereocenters. The first-order valence-electron chi connectivity index (χ1n) is 5.89. The minimum absolute atomic E-state index is 0.0697. The first-order valence-corrected chi connectivity index (χ1v) is 7.08. The predicted octanol–water partition coefficient (Wildman–Crippen LogP) is 2.95. The van der Waals surface area contributed by atoms with Crippen LogP contribution in [0, 0.1) is 20.8 Å². The van der Waals surface area contributed by atoms with Gasteiger partial charge in [0.15, 0.2) is 5.13 Å². The van der Waals surface area contributed by atoms with Gasteiger partial charge in [0, 0.05) is 11.3 Å². The molecule has 2 aromatic heterocycles. The number of aryl methyl sites for hydroxylation is 3. The van der Waals surface area contributed by atoms with Crippen molar-refractivity contribution < 1.29 is 4.79 Å². The Hall–Kier alpha value is -1.40. The number of halogens is 1. The van der Waals surface area contributed by atoms with E-state index in [2.05, 4.69) is 15.4 Å². The van der Waals surface area contributed by atoms with Gasteiger partial charge in [0.25, 0.3) is 0 Å². The third-order valence-electron chi connectivity index (χ3n) is 2.87. The van der Waals surface area contributed by atoms with Gasteiger partial charge in [-0.05, 0) is 20.8 Å². The van der Waals surface area contributed by atoms with Gasteiger partial charge in [-0.15, -0.1) is 11.3 Å². The van der Waals surface area contributed by atoms with E-state index in [-0.39, 0.29) is 5.91 Å². The fraction of sp³-hybridized carbons (Fsp3) is 0.417. The summed E-state index contributed by atoms with van der Waals surface area (Å²) in [6.45, 7) is 6.29. The van der Waals surface area contributed by atoms with E-state index in [9.17, 15) is 4.79 Å². The molecule has 0 saturated heterocycles. The second-order valence-corrected chi connectivity index (χ2v) is 5.87. The largest absolute Gasteiger partial charge is 0.302 e. The van der Waals surface area contributed by atoms with Gasteiger partial charge in [0.1, 0.15) is 0 Å². The SMILES string of the molecule is Cc1nc(NC(=O)CCn2ncc(Cl)c2C)sc1C. The van der Waals surface area contributed by atoms with Gasteiger partial charge in [-0.1, -0.05) is 11.6 Å². The predicted molar refractivity (Wildman–Crippen MR) is 76.8 cm³/mol. The summed E-state index contributed by atoms with van der Waals surface area (Å²) in [4.78, 5) is 17.2. The molecular formula is C12H15ClN4OS. The average Bonchev–Trinajstić information content (AvgIpc) is 2.82. The van der Waals surface area contributed by atoms with Crippen molar-refractivity contribution in [3.63, 3.8) is 0 Å². The van der Waals surface area contributed by atoms with Crippen molar-refractivity contribution in [1.29, 1.82) is 0 Å². The number of nitrogens with one attached hydrogen (secondary N) is 1. The van der Waals surface area contributed by atoms with Crippen molar-refractivity contribution in [2.75, 3.05) is 5.32 Å². The number of carbonyl (C=O) groups excluding carboxylic acids is 1. The Bertz CT molecular complexity index is 585. The maximum Gasteiger partial charge on any atom is 0.228 e. The van der Waals surface area contributed by atoms with E-state index in [1.807, 2.05) is 20.8 Å². The van der Waals surface area contributed by atoms with Crippen molar-refractivity contribution in [2.24, 2.45) is 0 Å². The fourth-order valence-corrected chi connectivity index (χ4v) is 2.54. The first-order chi connectivity index (χ1) is 8.97. The van der Waals surface area contributed by atoms with Crippen molar-refractivity contribution in [2.45, 2.75) is 33.7 Å². The fourth-order valence-electron chi connectivity index (χ4n) is 1.56. The van der Waals surface area contributed by atoms with Gasteiger partial charge >= 0.3 is 0 Å². The first kappa shape index (κ1) is 14.0. The average molecular weight is 299 g/mol. The monoisotopic (exact) mass is 298 g/mol. The second-order valence-electron chi connectivity index (χ2n) is 4.26. The summed E-state index contributed by atoms with van der Waals surface area (Å²) >= 11 is 7.39. The Balaban J connectivity index is 1.90. The number of nitrogens with zero attached hydrogens (tertiary/aromatic N) is 3. The summed E-state index contributed by atoms with van der Waals surface area (Å²) in [7, 11) is 0. The second kappa shape index (κ2) is 5.71. The lowest BCUT2D eigenvalue weighted by atomic mass is 10.4. The van der Waals surface area contributed by atoms with Crippen LogP contribution in [0.4, 0.5) is 5.13 Å². The number of aromatic nitrogens is 3. The Morgan fingerprint density at radius 2 is 2.21 bits per heavy atom. The van der Waals surface area contributed by atoms with Crippen LogP contribution < -0.4 is 5.32 Å². The molecule has 0 spiro atoms. The molecule has 0 bridgehead atoms. The van der Waals surface area contributed by atoms with Crippen LogP contribution >= 0.6 is 22.9 Å². The van der Waals surface area contributed by atoms with Crippen molar-refractivity contribution in [3.8, 4) is 0 Å². The number of carbonyl (C=O) groups is 1. The summed E-state index contributed by atoms with van der Waals surface area (Å²) in [5.74, 6) is -0.0697. The van der Waals surface area contributed by atoms with Crippen LogP contribution in [0.5, 0.6) is 0 Å². The molecular weight excluding hydrogens is 284 g/mol. The van der Waals surface area contributed by atoms with Gasteiger partial charge in [-0.3, -0.25) is 9.48 Å². The molecule has 2 aromatic rings. The Morgan fingerprint density at radius 3 is 2.74 bits per heavy atom. The lowest BCUT2D eigenvalue weighted by molar-refractivity contribution is -0.116. The normalized spacial score (nSPS) is 10.7. The molecule has 5 nitrogen and oxygen atoms in total. The number of rotatable bonds is 4. The molecule has 0 saturated carbocycles. The van der Waals surface area contributed by atoms with Gasteiger partial charge in [0.2, 0.25) is 5.91 Å². The molecule has 2 rings (SSSR count). The van der Waals surface area contributed by atoms with Crippen LogP contribution in [-0.4, -0.2) is 20.7 Å². The highest BCUT2D eigenvalue weighted by molar-refractivity contribution is 7.15. The molecule has 1 amide bonds. The number of hydrogen-bond donors (Lipinski definition) is 1. The zero-order valence-electron chi connectivity index (χ0n) is 11.0.